The van der Waals surface area contributed by atoms with Crippen molar-refractivity contribution in [2.45, 2.75) is 13.0 Å². The molecule has 0 aliphatic rings. The molecule has 0 radical (unpaired) electrons. The first kappa shape index (κ1) is 9.67. The van der Waals surface area contributed by atoms with Crippen LogP contribution in [0.4, 0.5) is 0 Å². The number of aliphatic hydroxyl groups excluding tert-OH is 1. The quantitative estimate of drug-likeness (QED) is 0.489. The van der Waals surface area contributed by atoms with Gasteiger partial charge in [-0.2, -0.15) is 5.26 Å². The van der Waals surface area contributed by atoms with Crippen LogP contribution in [0.5, 0.6) is 0 Å². The minimum Gasteiger partial charge on any atom is -0.374 e. The van der Waals surface area contributed by atoms with Gasteiger partial charge in [0, 0.05) is 0 Å². The van der Waals surface area contributed by atoms with Crippen molar-refractivity contribution in [2.24, 2.45) is 0 Å². The van der Waals surface area contributed by atoms with E-state index in [1.165, 1.54) is 0 Å². The van der Waals surface area contributed by atoms with E-state index in [-0.39, 0.29) is 0 Å². The van der Waals surface area contributed by atoms with Gasteiger partial charge in [0.05, 0.1) is 6.07 Å². The van der Waals surface area contributed by atoms with Crippen molar-refractivity contribution >= 4 is 0 Å². The molecular weight excluding hydrogens is 138 g/mol. The molecule has 0 saturated heterocycles. The zero-order chi connectivity index (χ0) is 8.69. The van der Waals surface area contributed by atoms with Crippen LogP contribution in [0.15, 0.2) is 36.5 Å². The molecular formula is C9H11NO. The molecule has 0 spiro atoms. The summed E-state index contributed by atoms with van der Waals surface area (Å²) in [7, 11) is 0. The van der Waals surface area contributed by atoms with Gasteiger partial charge in [0.2, 0.25) is 0 Å². The van der Waals surface area contributed by atoms with E-state index < -0.39 is 6.10 Å². The summed E-state index contributed by atoms with van der Waals surface area (Å²) in [6, 6.07) is 1.73. The minimum absolute atomic E-state index is 0.590. The monoisotopic (exact) mass is 149 g/mol. The second kappa shape index (κ2) is 5.45. The van der Waals surface area contributed by atoms with Gasteiger partial charge in [-0.3, -0.25) is 0 Å². The molecule has 0 rings (SSSR count). The van der Waals surface area contributed by atoms with Gasteiger partial charge >= 0.3 is 0 Å². The Morgan fingerprint density at radius 1 is 1.73 bits per heavy atom. The molecule has 2 heteroatoms. The summed E-state index contributed by atoms with van der Waals surface area (Å²) in [5.41, 5.74) is 0.590. The largest absolute Gasteiger partial charge is 0.374 e. The first-order valence-electron chi connectivity index (χ1n) is 3.29. The molecule has 1 unspecified atom stereocenters. The summed E-state index contributed by atoms with van der Waals surface area (Å²) in [5.74, 6) is 0. The predicted octanol–water partition coefficient (Wildman–Crippen LogP) is 1.56. The Morgan fingerprint density at radius 2 is 2.36 bits per heavy atom. The Hall–Kier alpha value is -1.33. The summed E-state index contributed by atoms with van der Waals surface area (Å²) in [5, 5.41) is 17.4. The van der Waals surface area contributed by atoms with Gasteiger partial charge in [0.1, 0.15) is 0 Å². The molecule has 0 aromatic rings. The number of aliphatic hydroxyl groups is 1. The molecule has 0 fully saturated rings. The van der Waals surface area contributed by atoms with Crippen LogP contribution in [0.3, 0.4) is 0 Å². The normalized spacial score (nSPS) is 14.5. The van der Waals surface area contributed by atoms with Crippen molar-refractivity contribution in [2.75, 3.05) is 0 Å². The van der Waals surface area contributed by atoms with Gasteiger partial charge < -0.3 is 5.11 Å². The van der Waals surface area contributed by atoms with Crippen molar-refractivity contribution in [1.82, 2.24) is 0 Å². The SMILES string of the molecule is C=C/C=C\C(=C/C)C(O)C#N. The smallest absolute Gasteiger partial charge is 0.165 e. The highest BCUT2D eigenvalue weighted by molar-refractivity contribution is 5.28. The van der Waals surface area contributed by atoms with Crippen molar-refractivity contribution in [3.63, 3.8) is 0 Å². The van der Waals surface area contributed by atoms with E-state index in [4.69, 9.17) is 10.4 Å². The Balaban J connectivity index is 4.33. The third-order valence-electron chi connectivity index (χ3n) is 1.20. The van der Waals surface area contributed by atoms with E-state index in [0.29, 0.717) is 5.57 Å². The van der Waals surface area contributed by atoms with E-state index in [1.807, 2.05) is 0 Å². The van der Waals surface area contributed by atoms with Crippen molar-refractivity contribution < 1.29 is 5.11 Å². The van der Waals surface area contributed by atoms with E-state index in [1.54, 1.807) is 37.3 Å². The molecule has 0 heterocycles. The van der Waals surface area contributed by atoms with E-state index in [9.17, 15) is 0 Å². The highest BCUT2D eigenvalue weighted by Crippen LogP contribution is 2.02. The lowest BCUT2D eigenvalue weighted by molar-refractivity contribution is 0.269. The van der Waals surface area contributed by atoms with Crippen LogP contribution >= 0.6 is 0 Å². The third-order valence-corrected chi connectivity index (χ3v) is 1.20. The number of hydrogen-bond donors (Lipinski definition) is 1. The number of hydrogen-bond acceptors (Lipinski definition) is 2. The fourth-order valence-electron chi connectivity index (χ4n) is 0.599. The van der Waals surface area contributed by atoms with Gasteiger partial charge in [-0.25, -0.2) is 0 Å². The molecule has 0 aromatic carbocycles. The molecule has 0 saturated carbocycles. The fraction of sp³-hybridized carbons (Fsp3) is 0.222. The second-order valence-electron chi connectivity index (χ2n) is 1.92. The third kappa shape index (κ3) is 3.39. The summed E-state index contributed by atoms with van der Waals surface area (Å²) >= 11 is 0. The van der Waals surface area contributed by atoms with Crippen LogP contribution in [0.1, 0.15) is 6.92 Å². The van der Waals surface area contributed by atoms with Crippen LogP contribution in [0.2, 0.25) is 0 Å². The maximum atomic E-state index is 9.03. The highest BCUT2D eigenvalue weighted by Gasteiger charge is 2.02. The summed E-state index contributed by atoms with van der Waals surface area (Å²) in [6.45, 7) is 5.24. The lowest BCUT2D eigenvalue weighted by atomic mass is 10.1. The predicted molar refractivity (Wildman–Crippen MR) is 44.7 cm³/mol. The van der Waals surface area contributed by atoms with E-state index >= 15 is 0 Å². The van der Waals surface area contributed by atoms with Crippen molar-refractivity contribution in [3.8, 4) is 6.07 Å². The van der Waals surface area contributed by atoms with Gasteiger partial charge in [-0.1, -0.05) is 30.9 Å². The van der Waals surface area contributed by atoms with Crippen LogP contribution < -0.4 is 0 Å². The van der Waals surface area contributed by atoms with E-state index in [0.717, 1.165) is 0 Å². The van der Waals surface area contributed by atoms with Crippen molar-refractivity contribution in [3.05, 3.63) is 36.5 Å². The Kier molecular flexibility index (Phi) is 4.80. The highest BCUT2D eigenvalue weighted by atomic mass is 16.3. The summed E-state index contributed by atoms with van der Waals surface area (Å²) in [4.78, 5) is 0. The first-order valence-corrected chi connectivity index (χ1v) is 3.29. The van der Waals surface area contributed by atoms with Gasteiger partial charge in [0.25, 0.3) is 0 Å². The molecule has 0 amide bonds. The molecule has 0 aliphatic carbocycles. The van der Waals surface area contributed by atoms with Gasteiger partial charge in [-0.15, -0.1) is 0 Å². The fourth-order valence-corrected chi connectivity index (χ4v) is 0.599. The Bertz CT molecular complexity index is 220. The molecule has 58 valence electrons. The summed E-state index contributed by atoms with van der Waals surface area (Å²) in [6.07, 6.45) is 5.58. The average molecular weight is 149 g/mol. The second-order valence-corrected chi connectivity index (χ2v) is 1.92. The minimum atomic E-state index is -1.03. The lowest BCUT2D eigenvalue weighted by Crippen LogP contribution is -2.04. The Labute approximate surface area is 66.8 Å². The van der Waals surface area contributed by atoms with Crippen molar-refractivity contribution in [1.29, 1.82) is 5.26 Å². The number of nitriles is 1. The molecule has 1 atom stereocenters. The topological polar surface area (TPSA) is 44.0 Å². The van der Waals surface area contributed by atoms with Gasteiger partial charge in [-0.05, 0) is 12.5 Å². The molecule has 0 bridgehead atoms. The molecule has 2 nitrogen and oxygen atoms in total. The lowest BCUT2D eigenvalue weighted by Gasteiger charge is -1.99. The standard InChI is InChI=1S/C9H11NO/c1-3-5-6-8(4-2)9(11)7-10/h3-6,9,11H,1H2,2H3/b6-5-,8-4+. The number of nitrogens with zero attached hydrogens (tertiary/aromatic N) is 1. The van der Waals surface area contributed by atoms with Gasteiger partial charge in [0.15, 0.2) is 6.10 Å². The molecule has 1 N–H and O–H groups in total. The Morgan fingerprint density at radius 3 is 2.73 bits per heavy atom. The maximum Gasteiger partial charge on any atom is 0.165 e. The van der Waals surface area contributed by atoms with Crippen LogP contribution in [0.25, 0.3) is 0 Å². The molecule has 0 aliphatic heterocycles. The summed E-state index contributed by atoms with van der Waals surface area (Å²) < 4.78 is 0. The number of rotatable bonds is 3. The number of allylic oxidation sites excluding steroid dienone is 3. The van der Waals surface area contributed by atoms with Crippen LogP contribution in [0, 0.1) is 11.3 Å². The van der Waals surface area contributed by atoms with Crippen LogP contribution in [-0.4, -0.2) is 11.2 Å². The zero-order valence-electron chi connectivity index (χ0n) is 6.49. The first-order chi connectivity index (χ1) is 5.26. The molecule has 0 aromatic heterocycles. The van der Waals surface area contributed by atoms with E-state index in [2.05, 4.69) is 6.58 Å². The zero-order valence-corrected chi connectivity index (χ0v) is 6.49. The maximum absolute atomic E-state index is 9.03. The average Bonchev–Trinajstić information content (AvgIpc) is 2.05. The molecule has 11 heavy (non-hydrogen) atoms. The van der Waals surface area contributed by atoms with Crippen LogP contribution in [-0.2, 0) is 0 Å².